The minimum Gasteiger partial charge on any atom is -0.0882 e. The third-order valence-corrected chi connectivity index (χ3v) is 3.11. The Morgan fingerprint density at radius 1 is 0.923 bits per heavy atom. The van der Waals surface area contributed by atoms with E-state index in [0.29, 0.717) is 0 Å². The lowest BCUT2D eigenvalue weighted by atomic mass is 9.73. The molecule has 76 valence electrons. The molecule has 0 aromatic rings. The third-order valence-electron chi connectivity index (χ3n) is 3.11. The van der Waals surface area contributed by atoms with Crippen LogP contribution in [-0.4, -0.2) is 0 Å². The second kappa shape index (κ2) is 6.23. The lowest BCUT2D eigenvalue weighted by Crippen LogP contribution is -2.20. The predicted octanol–water partition coefficient (Wildman–Crippen LogP) is 4.56. The van der Waals surface area contributed by atoms with Gasteiger partial charge in [-0.05, 0) is 37.5 Å². The van der Waals surface area contributed by atoms with Gasteiger partial charge < -0.3 is 0 Å². The maximum absolute atomic E-state index is 2.38. The van der Waals surface area contributed by atoms with E-state index in [-0.39, 0.29) is 0 Å². The molecule has 2 rings (SSSR count). The van der Waals surface area contributed by atoms with Crippen molar-refractivity contribution in [1.82, 2.24) is 0 Å². The van der Waals surface area contributed by atoms with Crippen molar-refractivity contribution in [3.05, 3.63) is 12.2 Å². The molecule has 0 radical (unpaired) electrons. The highest BCUT2D eigenvalue weighted by molar-refractivity contribution is 4.95. The summed E-state index contributed by atoms with van der Waals surface area (Å²) in [7, 11) is 0. The molecule has 0 heteroatoms. The zero-order chi connectivity index (χ0) is 9.52. The zero-order valence-corrected chi connectivity index (χ0v) is 9.26. The first-order chi connectivity index (χ1) is 6.38. The minimum absolute atomic E-state index is 1.07. The summed E-state index contributed by atoms with van der Waals surface area (Å²) in [5.74, 6) is 2.14. The van der Waals surface area contributed by atoms with Crippen molar-refractivity contribution in [2.75, 3.05) is 0 Å². The number of hydrogen-bond acceptors (Lipinski definition) is 0. The van der Waals surface area contributed by atoms with Crippen LogP contribution in [0.4, 0.5) is 0 Å². The molecule has 0 saturated heterocycles. The highest BCUT2D eigenvalue weighted by atomic mass is 14.3. The summed E-state index contributed by atoms with van der Waals surface area (Å²) < 4.78 is 0. The van der Waals surface area contributed by atoms with Crippen LogP contribution in [0.1, 0.15) is 58.8 Å². The molecular formula is C13H24. The topological polar surface area (TPSA) is 0 Å². The summed E-state index contributed by atoms with van der Waals surface area (Å²) in [6.45, 7) is 4.25. The van der Waals surface area contributed by atoms with Gasteiger partial charge in [0.05, 0.1) is 0 Å². The summed E-state index contributed by atoms with van der Waals surface area (Å²) in [6.07, 6.45) is 14.8. The Balaban J connectivity index is 0.000000251. The molecule has 0 heterocycles. The molecule has 0 bridgehead atoms. The van der Waals surface area contributed by atoms with Crippen LogP contribution in [0.15, 0.2) is 12.2 Å². The van der Waals surface area contributed by atoms with Gasteiger partial charge in [0, 0.05) is 0 Å². The van der Waals surface area contributed by atoms with Crippen LogP contribution in [0.2, 0.25) is 0 Å². The fourth-order valence-electron chi connectivity index (χ4n) is 2.45. The van der Waals surface area contributed by atoms with Gasteiger partial charge in [0.15, 0.2) is 0 Å². The van der Waals surface area contributed by atoms with E-state index in [2.05, 4.69) is 26.0 Å². The Morgan fingerprint density at radius 3 is 1.69 bits per heavy atom. The quantitative estimate of drug-likeness (QED) is 0.479. The lowest BCUT2D eigenvalue weighted by molar-refractivity contribution is 0.231. The van der Waals surface area contributed by atoms with E-state index >= 15 is 0 Å². The monoisotopic (exact) mass is 180 g/mol. The van der Waals surface area contributed by atoms with Crippen molar-refractivity contribution < 1.29 is 0 Å². The molecule has 13 heavy (non-hydrogen) atoms. The van der Waals surface area contributed by atoms with E-state index in [1.165, 1.54) is 44.9 Å². The van der Waals surface area contributed by atoms with Crippen molar-refractivity contribution in [3.63, 3.8) is 0 Å². The van der Waals surface area contributed by atoms with Gasteiger partial charge in [0.1, 0.15) is 0 Å². The molecule has 2 atom stereocenters. The Morgan fingerprint density at radius 2 is 1.31 bits per heavy atom. The van der Waals surface area contributed by atoms with E-state index in [1.54, 1.807) is 0 Å². The van der Waals surface area contributed by atoms with Crippen molar-refractivity contribution in [3.8, 4) is 0 Å². The van der Waals surface area contributed by atoms with Crippen molar-refractivity contribution in [2.45, 2.75) is 58.8 Å². The molecular weight excluding hydrogens is 156 g/mol. The predicted molar refractivity (Wildman–Crippen MR) is 59.8 cm³/mol. The molecule has 0 amide bonds. The maximum atomic E-state index is 2.38. The van der Waals surface area contributed by atoms with E-state index in [9.17, 15) is 0 Å². The van der Waals surface area contributed by atoms with Crippen molar-refractivity contribution in [2.24, 2.45) is 11.8 Å². The molecule has 0 N–H and O–H groups in total. The smallest absolute Gasteiger partial charge is 0.0319 e. The Bertz CT molecular complexity index is 130. The summed E-state index contributed by atoms with van der Waals surface area (Å²) in [4.78, 5) is 0. The summed E-state index contributed by atoms with van der Waals surface area (Å²) in [5.41, 5.74) is 0. The highest BCUT2D eigenvalue weighted by Gasteiger charge is 2.24. The molecule has 2 aliphatic carbocycles. The fraction of sp³-hybridized carbons (Fsp3) is 0.846. The first-order valence-corrected chi connectivity index (χ1v) is 6.03. The van der Waals surface area contributed by atoms with E-state index in [0.717, 1.165) is 11.8 Å². The molecule has 0 aromatic carbocycles. The van der Waals surface area contributed by atoms with E-state index in [4.69, 9.17) is 0 Å². The first kappa shape index (κ1) is 10.8. The number of allylic oxidation sites excluding steroid dienone is 2. The van der Waals surface area contributed by atoms with Gasteiger partial charge in [-0.15, -0.1) is 0 Å². The Kier molecular flexibility index (Phi) is 5.19. The van der Waals surface area contributed by atoms with Crippen LogP contribution in [0, 0.1) is 11.8 Å². The van der Waals surface area contributed by atoms with Crippen LogP contribution >= 0.6 is 0 Å². The molecule has 1 fully saturated rings. The summed E-state index contributed by atoms with van der Waals surface area (Å²) >= 11 is 0. The van der Waals surface area contributed by atoms with E-state index in [1.807, 2.05) is 0 Å². The molecule has 1 saturated carbocycles. The number of fused-ring (bicyclic) bond motifs is 1. The summed E-state index contributed by atoms with van der Waals surface area (Å²) in [6, 6.07) is 0. The van der Waals surface area contributed by atoms with Crippen LogP contribution in [0.25, 0.3) is 0 Å². The van der Waals surface area contributed by atoms with Crippen molar-refractivity contribution in [1.29, 1.82) is 0 Å². The number of rotatable bonds is 0. The molecule has 0 aliphatic heterocycles. The van der Waals surface area contributed by atoms with Gasteiger partial charge in [-0.1, -0.05) is 45.3 Å². The van der Waals surface area contributed by atoms with Crippen LogP contribution in [0.3, 0.4) is 0 Å². The first-order valence-electron chi connectivity index (χ1n) is 6.03. The van der Waals surface area contributed by atoms with Gasteiger partial charge in [0.25, 0.3) is 0 Å². The van der Waals surface area contributed by atoms with Gasteiger partial charge in [0.2, 0.25) is 0 Å². The van der Waals surface area contributed by atoms with Crippen molar-refractivity contribution >= 4 is 0 Å². The third kappa shape index (κ3) is 3.54. The van der Waals surface area contributed by atoms with E-state index < -0.39 is 0 Å². The zero-order valence-electron chi connectivity index (χ0n) is 9.26. The molecule has 0 spiro atoms. The molecule has 2 aliphatic rings. The Hall–Kier alpha value is -0.260. The maximum Gasteiger partial charge on any atom is -0.0319 e. The molecule has 0 aromatic heterocycles. The van der Waals surface area contributed by atoms with Crippen LogP contribution < -0.4 is 0 Å². The average Bonchev–Trinajstić information content (AvgIpc) is 2.19. The molecule has 2 unspecified atom stereocenters. The summed E-state index contributed by atoms with van der Waals surface area (Å²) in [5, 5.41) is 0. The second-order valence-corrected chi connectivity index (χ2v) is 4.45. The lowest BCUT2D eigenvalue weighted by Gasteiger charge is -2.32. The largest absolute Gasteiger partial charge is 0.0882 e. The van der Waals surface area contributed by atoms with Gasteiger partial charge >= 0.3 is 0 Å². The minimum atomic E-state index is 1.07. The molecule has 0 nitrogen and oxygen atoms in total. The Labute approximate surface area is 83.4 Å². The van der Waals surface area contributed by atoms with Crippen LogP contribution in [-0.2, 0) is 0 Å². The highest BCUT2D eigenvalue weighted by Crippen LogP contribution is 2.37. The standard InChI is InChI=1S/C10H16.C3H8/c1-2-6-10-8-4-3-7-9(10)5-1;1-3-2/h1-2,9-10H,3-8H2;3H2,1-2H3. The van der Waals surface area contributed by atoms with Crippen LogP contribution in [0.5, 0.6) is 0 Å². The van der Waals surface area contributed by atoms with Gasteiger partial charge in [-0.2, -0.15) is 0 Å². The second-order valence-electron chi connectivity index (χ2n) is 4.45. The normalized spacial score (nSPS) is 31.5. The number of hydrogen-bond donors (Lipinski definition) is 0. The van der Waals surface area contributed by atoms with Gasteiger partial charge in [-0.25, -0.2) is 0 Å². The SMILES string of the molecule is C1=CCC2CCCCC2C1.CCC. The van der Waals surface area contributed by atoms with Gasteiger partial charge in [-0.3, -0.25) is 0 Å². The average molecular weight is 180 g/mol. The fourth-order valence-corrected chi connectivity index (χ4v) is 2.45.